The third-order valence-corrected chi connectivity index (χ3v) is 5.52. The number of benzene rings is 1. The van der Waals surface area contributed by atoms with Crippen molar-refractivity contribution in [2.24, 2.45) is 0 Å². The molecule has 1 atom stereocenters. The van der Waals surface area contributed by atoms with Gasteiger partial charge in [0.2, 0.25) is 5.91 Å². The molecule has 0 radical (unpaired) electrons. The monoisotopic (exact) mass is 310 g/mol. The topological polar surface area (TPSA) is 75.7 Å². The highest BCUT2D eigenvalue weighted by Gasteiger charge is 2.29. The van der Waals surface area contributed by atoms with Crippen molar-refractivity contribution in [1.29, 1.82) is 0 Å². The number of rotatable bonds is 3. The molecule has 2 aliphatic rings. The minimum Gasteiger partial charge on any atom is -0.490 e. The molecule has 0 aliphatic carbocycles. The minimum atomic E-state index is -2.97. The van der Waals surface area contributed by atoms with Crippen LogP contribution in [0.3, 0.4) is 0 Å². The number of sulfone groups is 1. The zero-order valence-corrected chi connectivity index (χ0v) is 12.4. The summed E-state index contributed by atoms with van der Waals surface area (Å²) in [6, 6.07) is 7.34. The molecule has 0 aromatic heterocycles. The molecule has 1 aromatic carbocycles. The molecular weight excluding hydrogens is 292 g/mol. The number of anilines is 1. The van der Waals surface area contributed by atoms with Gasteiger partial charge in [0.05, 0.1) is 30.3 Å². The number of ether oxygens (including phenoxy) is 1. The number of para-hydroxylation sites is 2. The third kappa shape index (κ3) is 3.29. The fourth-order valence-corrected chi connectivity index (χ4v) is 4.42. The number of carbonyl (C=O) groups is 1. The molecule has 0 saturated carbocycles. The summed E-state index contributed by atoms with van der Waals surface area (Å²) in [5.74, 6) is 0.852. The van der Waals surface area contributed by atoms with E-state index in [1.807, 2.05) is 29.2 Å². The molecule has 2 heterocycles. The summed E-state index contributed by atoms with van der Waals surface area (Å²) in [5.41, 5.74) is 0.901. The average Bonchev–Trinajstić information content (AvgIpc) is 2.78. The SMILES string of the molecule is O=C(CN1CCOc2ccccc21)NC1CCS(=O)(=O)C1. The summed E-state index contributed by atoms with van der Waals surface area (Å²) >= 11 is 0. The smallest absolute Gasteiger partial charge is 0.239 e. The predicted octanol–water partition coefficient (Wildman–Crippen LogP) is 0.189. The van der Waals surface area contributed by atoms with Crippen LogP contribution in [-0.2, 0) is 14.6 Å². The Morgan fingerprint density at radius 2 is 2.19 bits per heavy atom. The molecule has 2 aliphatic heterocycles. The van der Waals surface area contributed by atoms with Gasteiger partial charge in [-0.15, -0.1) is 0 Å². The van der Waals surface area contributed by atoms with Crippen molar-refractivity contribution in [2.75, 3.05) is 36.1 Å². The first-order chi connectivity index (χ1) is 10.0. The first kappa shape index (κ1) is 14.2. The summed E-state index contributed by atoms with van der Waals surface area (Å²) in [6.07, 6.45) is 0.508. The van der Waals surface area contributed by atoms with E-state index in [9.17, 15) is 13.2 Å². The highest BCUT2D eigenvalue weighted by molar-refractivity contribution is 7.91. The van der Waals surface area contributed by atoms with Gasteiger partial charge in [0.1, 0.15) is 12.4 Å². The number of amides is 1. The van der Waals surface area contributed by atoms with Gasteiger partial charge in [0.25, 0.3) is 0 Å². The Kier molecular flexibility index (Phi) is 3.75. The van der Waals surface area contributed by atoms with Crippen LogP contribution in [0.2, 0.25) is 0 Å². The molecule has 114 valence electrons. The summed E-state index contributed by atoms with van der Waals surface area (Å²) in [6.45, 7) is 1.41. The standard InChI is InChI=1S/C14H18N2O4S/c17-14(15-11-5-8-21(18,19)10-11)9-16-6-7-20-13-4-2-1-3-12(13)16/h1-4,11H,5-10H2,(H,15,17). The molecule has 1 saturated heterocycles. The third-order valence-electron chi connectivity index (χ3n) is 3.76. The molecule has 21 heavy (non-hydrogen) atoms. The van der Waals surface area contributed by atoms with Crippen molar-refractivity contribution < 1.29 is 17.9 Å². The Balaban J connectivity index is 1.61. The maximum atomic E-state index is 12.1. The highest BCUT2D eigenvalue weighted by atomic mass is 32.2. The van der Waals surface area contributed by atoms with Gasteiger partial charge in [-0.3, -0.25) is 4.79 Å². The average molecular weight is 310 g/mol. The summed E-state index contributed by atoms with van der Waals surface area (Å²) in [7, 11) is -2.97. The zero-order valence-electron chi connectivity index (χ0n) is 11.6. The van der Waals surface area contributed by atoms with Gasteiger partial charge in [-0.25, -0.2) is 8.42 Å². The fourth-order valence-electron chi connectivity index (χ4n) is 2.75. The lowest BCUT2D eigenvalue weighted by molar-refractivity contribution is -0.120. The van der Waals surface area contributed by atoms with Gasteiger partial charge < -0.3 is 15.0 Å². The van der Waals surface area contributed by atoms with E-state index >= 15 is 0 Å². The van der Waals surface area contributed by atoms with Gasteiger partial charge in [-0.05, 0) is 18.6 Å². The Labute approximate surface area is 124 Å². The van der Waals surface area contributed by atoms with Crippen LogP contribution in [0.1, 0.15) is 6.42 Å². The largest absolute Gasteiger partial charge is 0.490 e. The zero-order chi connectivity index (χ0) is 14.9. The van der Waals surface area contributed by atoms with Gasteiger partial charge >= 0.3 is 0 Å². The number of hydrogen-bond acceptors (Lipinski definition) is 5. The van der Waals surface area contributed by atoms with E-state index in [1.165, 1.54) is 0 Å². The first-order valence-corrected chi connectivity index (χ1v) is 8.82. The normalized spacial score (nSPS) is 23.2. The Bertz CT molecular complexity index is 644. The summed E-state index contributed by atoms with van der Waals surface area (Å²) < 4.78 is 28.3. The van der Waals surface area contributed by atoms with Crippen LogP contribution in [0.5, 0.6) is 5.75 Å². The van der Waals surface area contributed by atoms with Crippen molar-refractivity contribution in [3.8, 4) is 5.75 Å². The van der Waals surface area contributed by atoms with Crippen molar-refractivity contribution >= 4 is 21.4 Å². The fraction of sp³-hybridized carbons (Fsp3) is 0.500. The van der Waals surface area contributed by atoms with E-state index in [0.717, 1.165) is 11.4 Å². The van der Waals surface area contributed by atoms with Gasteiger partial charge in [0, 0.05) is 6.04 Å². The minimum absolute atomic E-state index is 0.0540. The second-order valence-electron chi connectivity index (χ2n) is 5.41. The first-order valence-electron chi connectivity index (χ1n) is 7.00. The van der Waals surface area contributed by atoms with Crippen molar-refractivity contribution in [3.63, 3.8) is 0 Å². The van der Waals surface area contributed by atoms with E-state index < -0.39 is 9.84 Å². The van der Waals surface area contributed by atoms with Crippen LogP contribution in [-0.4, -0.2) is 51.6 Å². The number of nitrogens with zero attached hydrogens (tertiary/aromatic N) is 1. The van der Waals surface area contributed by atoms with Crippen LogP contribution in [0.4, 0.5) is 5.69 Å². The second-order valence-corrected chi connectivity index (χ2v) is 7.63. The highest BCUT2D eigenvalue weighted by Crippen LogP contribution is 2.30. The Morgan fingerprint density at radius 3 is 2.95 bits per heavy atom. The van der Waals surface area contributed by atoms with E-state index in [-0.39, 0.29) is 30.0 Å². The second kappa shape index (κ2) is 5.55. The van der Waals surface area contributed by atoms with Crippen molar-refractivity contribution in [2.45, 2.75) is 12.5 Å². The van der Waals surface area contributed by atoms with Gasteiger partial charge in [-0.1, -0.05) is 12.1 Å². The van der Waals surface area contributed by atoms with E-state index in [1.54, 1.807) is 0 Å². The van der Waals surface area contributed by atoms with Crippen LogP contribution in [0, 0.1) is 0 Å². The summed E-state index contributed by atoms with van der Waals surface area (Å²) in [4.78, 5) is 14.1. The Morgan fingerprint density at radius 1 is 1.38 bits per heavy atom. The van der Waals surface area contributed by atoms with E-state index in [4.69, 9.17) is 4.74 Å². The van der Waals surface area contributed by atoms with Crippen LogP contribution in [0.15, 0.2) is 24.3 Å². The number of fused-ring (bicyclic) bond motifs is 1. The van der Waals surface area contributed by atoms with Crippen LogP contribution in [0.25, 0.3) is 0 Å². The molecule has 1 unspecified atom stereocenters. The van der Waals surface area contributed by atoms with Crippen molar-refractivity contribution in [1.82, 2.24) is 5.32 Å². The number of nitrogens with one attached hydrogen (secondary N) is 1. The molecule has 1 fully saturated rings. The molecular formula is C14H18N2O4S. The summed E-state index contributed by atoms with van der Waals surface area (Å²) in [5, 5.41) is 2.81. The predicted molar refractivity (Wildman–Crippen MR) is 79.4 cm³/mol. The lowest BCUT2D eigenvalue weighted by Crippen LogP contribution is -2.44. The molecule has 3 rings (SSSR count). The Hall–Kier alpha value is -1.76. The van der Waals surface area contributed by atoms with Crippen LogP contribution >= 0.6 is 0 Å². The van der Waals surface area contributed by atoms with Gasteiger partial charge in [-0.2, -0.15) is 0 Å². The molecule has 6 nitrogen and oxygen atoms in total. The molecule has 1 aromatic rings. The molecule has 7 heteroatoms. The van der Waals surface area contributed by atoms with E-state index in [0.29, 0.717) is 19.6 Å². The van der Waals surface area contributed by atoms with E-state index in [2.05, 4.69) is 5.32 Å². The van der Waals surface area contributed by atoms with Crippen molar-refractivity contribution in [3.05, 3.63) is 24.3 Å². The lowest BCUT2D eigenvalue weighted by Gasteiger charge is -2.30. The number of hydrogen-bond donors (Lipinski definition) is 1. The maximum Gasteiger partial charge on any atom is 0.239 e. The molecule has 0 spiro atoms. The molecule has 1 N–H and O–H groups in total. The number of carbonyl (C=O) groups excluding carboxylic acids is 1. The maximum absolute atomic E-state index is 12.1. The quantitative estimate of drug-likeness (QED) is 0.862. The lowest BCUT2D eigenvalue weighted by atomic mass is 10.2. The molecule has 0 bridgehead atoms. The van der Waals surface area contributed by atoms with Gasteiger partial charge in [0.15, 0.2) is 9.84 Å². The molecule has 1 amide bonds. The van der Waals surface area contributed by atoms with Crippen LogP contribution < -0.4 is 15.0 Å².